The van der Waals surface area contributed by atoms with Crippen molar-refractivity contribution in [3.8, 4) is 0 Å². The van der Waals surface area contributed by atoms with Gasteiger partial charge in [0.25, 0.3) is 0 Å². The second kappa shape index (κ2) is 5.61. The maximum absolute atomic E-state index is 6.03. The lowest BCUT2D eigenvalue weighted by Crippen LogP contribution is -2.35. The summed E-state index contributed by atoms with van der Waals surface area (Å²) in [7, 11) is 4.14. The van der Waals surface area contributed by atoms with Gasteiger partial charge in [0.2, 0.25) is 0 Å². The molecule has 0 bridgehead atoms. The van der Waals surface area contributed by atoms with E-state index < -0.39 is 0 Å². The van der Waals surface area contributed by atoms with Gasteiger partial charge in [-0.3, -0.25) is 0 Å². The van der Waals surface area contributed by atoms with Gasteiger partial charge in [-0.15, -0.1) is 0 Å². The van der Waals surface area contributed by atoms with Crippen LogP contribution in [-0.2, 0) is 0 Å². The van der Waals surface area contributed by atoms with Crippen LogP contribution in [0.5, 0.6) is 0 Å². The predicted octanol–water partition coefficient (Wildman–Crippen LogP) is 2.74. The number of nitrogens with zero attached hydrogens (tertiary/aromatic N) is 1. The molecule has 1 saturated carbocycles. The van der Waals surface area contributed by atoms with Crippen LogP contribution in [-0.4, -0.2) is 26.2 Å². The molecule has 1 aromatic carbocycles. The zero-order valence-electron chi connectivity index (χ0n) is 11.7. The van der Waals surface area contributed by atoms with Crippen molar-refractivity contribution in [1.29, 1.82) is 0 Å². The summed E-state index contributed by atoms with van der Waals surface area (Å²) in [6, 6.07) is 7.49. The first-order chi connectivity index (χ1) is 8.56. The molecule has 3 heteroatoms. The largest absolute Gasteiger partial charge is 0.382 e. The topological polar surface area (TPSA) is 41.3 Å². The van der Waals surface area contributed by atoms with E-state index in [2.05, 4.69) is 49.4 Å². The van der Waals surface area contributed by atoms with E-state index in [-0.39, 0.29) is 0 Å². The van der Waals surface area contributed by atoms with Gasteiger partial charge in [-0.1, -0.05) is 0 Å². The molecule has 1 aliphatic rings. The zero-order valence-corrected chi connectivity index (χ0v) is 11.7. The van der Waals surface area contributed by atoms with E-state index in [1.54, 1.807) is 0 Å². The Labute approximate surface area is 110 Å². The molecule has 1 aromatic rings. The molecule has 1 aliphatic carbocycles. The van der Waals surface area contributed by atoms with Crippen molar-refractivity contribution in [3.05, 3.63) is 23.8 Å². The smallest absolute Gasteiger partial charge is 0.0373 e. The molecule has 0 amide bonds. The third kappa shape index (κ3) is 3.16. The van der Waals surface area contributed by atoms with Gasteiger partial charge in [-0.2, -0.15) is 0 Å². The molecule has 100 valence electrons. The molecule has 0 aromatic heterocycles. The summed E-state index contributed by atoms with van der Waals surface area (Å²) in [5.41, 5.74) is 9.84. The molecule has 3 nitrogen and oxygen atoms in total. The van der Waals surface area contributed by atoms with Crippen LogP contribution in [0.25, 0.3) is 0 Å². The summed E-state index contributed by atoms with van der Waals surface area (Å²) in [6.45, 7) is 2.16. The van der Waals surface area contributed by atoms with Crippen LogP contribution in [0.3, 0.4) is 0 Å². The molecule has 2 unspecified atom stereocenters. The highest BCUT2D eigenvalue weighted by Crippen LogP contribution is 2.25. The Morgan fingerprint density at radius 1 is 1.28 bits per heavy atom. The monoisotopic (exact) mass is 247 g/mol. The Kier molecular flexibility index (Phi) is 4.12. The highest BCUT2D eigenvalue weighted by Gasteiger charge is 2.19. The van der Waals surface area contributed by atoms with Gasteiger partial charge < -0.3 is 16.0 Å². The van der Waals surface area contributed by atoms with Gasteiger partial charge in [0, 0.05) is 37.6 Å². The number of anilines is 2. The van der Waals surface area contributed by atoms with Crippen LogP contribution < -0.4 is 16.0 Å². The number of nitrogens with two attached hydrogens (primary N) is 1. The van der Waals surface area contributed by atoms with Crippen LogP contribution in [0.15, 0.2) is 18.2 Å². The fourth-order valence-electron chi connectivity index (χ4n) is 2.67. The molecule has 3 N–H and O–H groups in total. The van der Waals surface area contributed by atoms with Crippen molar-refractivity contribution >= 4 is 11.4 Å². The highest BCUT2D eigenvalue weighted by atomic mass is 15.1. The van der Waals surface area contributed by atoms with Gasteiger partial charge in [-0.05, 0) is 56.4 Å². The van der Waals surface area contributed by atoms with Crippen LogP contribution in [0, 0.1) is 6.92 Å². The van der Waals surface area contributed by atoms with E-state index in [4.69, 9.17) is 5.73 Å². The lowest BCUT2D eigenvalue weighted by molar-refractivity contribution is 0.409. The molecule has 0 heterocycles. The van der Waals surface area contributed by atoms with E-state index in [1.165, 1.54) is 36.2 Å². The first-order valence-corrected chi connectivity index (χ1v) is 6.86. The number of aryl methyl sites for hydroxylation is 1. The van der Waals surface area contributed by atoms with E-state index in [1.807, 2.05) is 0 Å². The van der Waals surface area contributed by atoms with E-state index >= 15 is 0 Å². The molecule has 0 radical (unpaired) electrons. The maximum atomic E-state index is 6.03. The van der Waals surface area contributed by atoms with Crippen molar-refractivity contribution in [2.45, 2.75) is 44.7 Å². The first-order valence-electron chi connectivity index (χ1n) is 6.86. The minimum atomic E-state index is 0.373. The Balaban J connectivity index is 2.05. The Bertz CT molecular complexity index is 401. The first kappa shape index (κ1) is 13.2. The van der Waals surface area contributed by atoms with Gasteiger partial charge in [0.05, 0.1) is 0 Å². The minimum absolute atomic E-state index is 0.373. The SMILES string of the molecule is Cc1cc(N(C)C)ccc1NC1CCCC(N)C1. The third-order valence-electron chi connectivity index (χ3n) is 3.80. The minimum Gasteiger partial charge on any atom is -0.382 e. The van der Waals surface area contributed by atoms with Crippen molar-refractivity contribution in [3.63, 3.8) is 0 Å². The summed E-state index contributed by atoms with van der Waals surface area (Å²) >= 11 is 0. The molecule has 0 spiro atoms. The summed E-state index contributed by atoms with van der Waals surface area (Å²) in [4.78, 5) is 2.13. The van der Waals surface area contributed by atoms with Crippen LogP contribution in [0.4, 0.5) is 11.4 Å². The van der Waals surface area contributed by atoms with Gasteiger partial charge in [0.15, 0.2) is 0 Å². The van der Waals surface area contributed by atoms with E-state index in [0.29, 0.717) is 12.1 Å². The summed E-state index contributed by atoms with van der Waals surface area (Å²) in [5.74, 6) is 0. The number of benzene rings is 1. The quantitative estimate of drug-likeness (QED) is 0.863. The predicted molar refractivity (Wildman–Crippen MR) is 79.4 cm³/mol. The molecule has 2 rings (SSSR count). The Morgan fingerprint density at radius 3 is 2.67 bits per heavy atom. The lowest BCUT2D eigenvalue weighted by atomic mass is 9.91. The molecule has 0 aliphatic heterocycles. The fourth-order valence-corrected chi connectivity index (χ4v) is 2.67. The molecular weight excluding hydrogens is 222 g/mol. The normalized spacial score (nSPS) is 23.8. The highest BCUT2D eigenvalue weighted by molar-refractivity contribution is 5.60. The van der Waals surface area contributed by atoms with Crippen molar-refractivity contribution in [1.82, 2.24) is 0 Å². The van der Waals surface area contributed by atoms with Crippen molar-refractivity contribution < 1.29 is 0 Å². The van der Waals surface area contributed by atoms with Crippen LogP contribution in [0.1, 0.15) is 31.2 Å². The third-order valence-corrected chi connectivity index (χ3v) is 3.80. The number of rotatable bonds is 3. The second-order valence-electron chi connectivity index (χ2n) is 5.66. The van der Waals surface area contributed by atoms with E-state index in [0.717, 1.165) is 6.42 Å². The summed E-state index contributed by atoms with van der Waals surface area (Å²) < 4.78 is 0. The lowest BCUT2D eigenvalue weighted by Gasteiger charge is -2.29. The summed E-state index contributed by atoms with van der Waals surface area (Å²) in [6.07, 6.45) is 4.75. The van der Waals surface area contributed by atoms with Gasteiger partial charge in [-0.25, -0.2) is 0 Å². The molecule has 2 atom stereocenters. The van der Waals surface area contributed by atoms with Crippen molar-refractivity contribution in [2.24, 2.45) is 5.73 Å². The van der Waals surface area contributed by atoms with Crippen molar-refractivity contribution in [2.75, 3.05) is 24.3 Å². The Hall–Kier alpha value is -1.22. The zero-order chi connectivity index (χ0) is 13.1. The number of hydrogen-bond donors (Lipinski definition) is 2. The fraction of sp³-hybridized carbons (Fsp3) is 0.600. The molecule has 18 heavy (non-hydrogen) atoms. The van der Waals surface area contributed by atoms with Gasteiger partial charge in [0.1, 0.15) is 0 Å². The second-order valence-corrected chi connectivity index (χ2v) is 5.66. The van der Waals surface area contributed by atoms with Crippen LogP contribution >= 0.6 is 0 Å². The Morgan fingerprint density at radius 2 is 2.06 bits per heavy atom. The standard InChI is InChI=1S/C15H25N3/c1-11-9-14(18(2)3)7-8-15(11)17-13-6-4-5-12(16)10-13/h7-9,12-13,17H,4-6,10,16H2,1-3H3. The maximum Gasteiger partial charge on any atom is 0.0373 e. The molecule has 1 fully saturated rings. The average molecular weight is 247 g/mol. The molecule has 0 saturated heterocycles. The van der Waals surface area contributed by atoms with E-state index in [9.17, 15) is 0 Å². The summed E-state index contributed by atoms with van der Waals surface area (Å²) in [5, 5.41) is 3.65. The average Bonchev–Trinajstić information content (AvgIpc) is 2.31. The number of hydrogen-bond acceptors (Lipinski definition) is 3. The van der Waals surface area contributed by atoms with Gasteiger partial charge >= 0.3 is 0 Å². The molecular formula is C15H25N3. The number of nitrogens with one attached hydrogen (secondary N) is 1. The van der Waals surface area contributed by atoms with Crippen LogP contribution in [0.2, 0.25) is 0 Å².